The topological polar surface area (TPSA) is 67.4 Å². The molecule has 0 bridgehead atoms. The predicted molar refractivity (Wildman–Crippen MR) is 93.8 cm³/mol. The number of carbonyl (C=O) groups excluding carboxylic acids is 2. The lowest BCUT2D eigenvalue weighted by Crippen LogP contribution is -2.23. The number of para-hydroxylation sites is 1. The summed E-state index contributed by atoms with van der Waals surface area (Å²) in [4.78, 5) is 22.8. The summed E-state index contributed by atoms with van der Waals surface area (Å²) >= 11 is 0. The Labute approximate surface area is 142 Å². The van der Waals surface area contributed by atoms with Gasteiger partial charge in [0, 0.05) is 25.6 Å². The standard InChI is InChI=1S/C19H22N2O3/c1-15(22)21-17-11-9-16(10-12-17)14-20-19(23)8-5-13-24-18-6-3-2-4-7-18/h2-4,6-7,9-12H,5,8,13-14H2,1H3,(H,20,23)(H,21,22). The van der Waals surface area contributed by atoms with Crippen LogP contribution in [0, 0.1) is 0 Å². The lowest BCUT2D eigenvalue weighted by molar-refractivity contribution is -0.121. The van der Waals surface area contributed by atoms with E-state index in [2.05, 4.69) is 10.6 Å². The Morgan fingerprint density at radius 1 is 1.00 bits per heavy atom. The van der Waals surface area contributed by atoms with Gasteiger partial charge in [0.1, 0.15) is 5.75 Å². The fourth-order valence-corrected chi connectivity index (χ4v) is 2.14. The molecule has 0 aliphatic rings. The van der Waals surface area contributed by atoms with Crippen molar-refractivity contribution in [3.05, 3.63) is 60.2 Å². The minimum absolute atomic E-state index is 0.00222. The highest BCUT2D eigenvalue weighted by Crippen LogP contribution is 2.10. The molecule has 0 aromatic heterocycles. The first kappa shape index (κ1) is 17.5. The molecule has 0 aliphatic heterocycles. The molecule has 0 fully saturated rings. The summed E-state index contributed by atoms with van der Waals surface area (Å²) in [5.41, 5.74) is 1.73. The quantitative estimate of drug-likeness (QED) is 0.732. The van der Waals surface area contributed by atoms with Gasteiger partial charge < -0.3 is 15.4 Å². The lowest BCUT2D eigenvalue weighted by Gasteiger charge is -2.08. The van der Waals surface area contributed by atoms with Crippen molar-refractivity contribution in [1.82, 2.24) is 5.32 Å². The Bertz CT molecular complexity index is 654. The van der Waals surface area contributed by atoms with E-state index in [1.165, 1.54) is 6.92 Å². The second-order valence-corrected chi connectivity index (χ2v) is 5.42. The van der Waals surface area contributed by atoms with Gasteiger partial charge in [-0.3, -0.25) is 9.59 Å². The summed E-state index contributed by atoms with van der Waals surface area (Å²) in [6, 6.07) is 16.9. The van der Waals surface area contributed by atoms with Gasteiger partial charge in [-0.05, 0) is 36.2 Å². The number of ether oxygens (including phenoxy) is 1. The van der Waals surface area contributed by atoms with Gasteiger partial charge in [0.25, 0.3) is 0 Å². The molecule has 2 amide bonds. The lowest BCUT2D eigenvalue weighted by atomic mass is 10.2. The average molecular weight is 326 g/mol. The molecule has 126 valence electrons. The van der Waals surface area contributed by atoms with Gasteiger partial charge in [0.05, 0.1) is 6.61 Å². The zero-order valence-corrected chi connectivity index (χ0v) is 13.7. The highest BCUT2D eigenvalue weighted by atomic mass is 16.5. The van der Waals surface area contributed by atoms with Crippen molar-refractivity contribution in [2.45, 2.75) is 26.3 Å². The minimum Gasteiger partial charge on any atom is -0.494 e. The second-order valence-electron chi connectivity index (χ2n) is 5.42. The minimum atomic E-state index is -0.103. The highest BCUT2D eigenvalue weighted by molar-refractivity contribution is 5.88. The Morgan fingerprint density at radius 2 is 1.71 bits per heavy atom. The summed E-state index contributed by atoms with van der Waals surface area (Å²) < 4.78 is 5.55. The molecular formula is C19H22N2O3. The molecule has 2 rings (SSSR count). The SMILES string of the molecule is CC(=O)Nc1ccc(CNC(=O)CCCOc2ccccc2)cc1. The van der Waals surface area contributed by atoms with Crippen molar-refractivity contribution >= 4 is 17.5 Å². The number of carbonyl (C=O) groups is 2. The smallest absolute Gasteiger partial charge is 0.221 e. The van der Waals surface area contributed by atoms with Crippen LogP contribution in [0.4, 0.5) is 5.69 Å². The van der Waals surface area contributed by atoms with Crippen LogP contribution in [0.3, 0.4) is 0 Å². The van der Waals surface area contributed by atoms with Crippen molar-refractivity contribution in [1.29, 1.82) is 0 Å². The van der Waals surface area contributed by atoms with Crippen LogP contribution in [0.5, 0.6) is 5.75 Å². The van der Waals surface area contributed by atoms with E-state index in [0.29, 0.717) is 26.0 Å². The van der Waals surface area contributed by atoms with E-state index >= 15 is 0 Å². The van der Waals surface area contributed by atoms with Crippen molar-refractivity contribution in [2.75, 3.05) is 11.9 Å². The molecular weight excluding hydrogens is 304 g/mol. The van der Waals surface area contributed by atoms with Crippen LogP contribution in [0.2, 0.25) is 0 Å². The maximum absolute atomic E-state index is 11.8. The maximum atomic E-state index is 11.8. The third-order valence-electron chi connectivity index (χ3n) is 3.32. The summed E-state index contributed by atoms with van der Waals surface area (Å²) in [5.74, 6) is 0.712. The molecule has 0 heterocycles. The molecule has 0 unspecified atom stereocenters. The monoisotopic (exact) mass is 326 g/mol. The summed E-state index contributed by atoms with van der Waals surface area (Å²) in [6.07, 6.45) is 1.10. The third-order valence-corrected chi connectivity index (χ3v) is 3.32. The molecule has 2 aromatic carbocycles. The van der Waals surface area contributed by atoms with E-state index in [9.17, 15) is 9.59 Å². The van der Waals surface area contributed by atoms with E-state index < -0.39 is 0 Å². The largest absolute Gasteiger partial charge is 0.494 e. The van der Waals surface area contributed by atoms with Crippen molar-refractivity contribution in [3.8, 4) is 5.75 Å². The third kappa shape index (κ3) is 6.52. The first-order valence-corrected chi connectivity index (χ1v) is 7.94. The molecule has 2 aromatic rings. The second kappa shape index (κ2) is 9.35. The van der Waals surface area contributed by atoms with Crippen LogP contribution in [-0.4, -0.2) is 18.4 Å². The van der Waals surface area contributed by atoms with Crippen molar-refractivity contribution in [2.24, 2.45) is 0 Å². The van der Waals surface area contributed by atoms with Gasteiger partial charge in [-0.15, -0.1) is 0 Å². The van der Waals surface area contributed by atoms with E-state index in [1.807, 2.05) is 54.6 Å². The summed E-state index contributed by atoms with van der Waals surface area (Å²) in [7, 11) is 0. The molecule has 24 heavy (non-hydrogen) atoms. The Kier molecular flexibility index (Phi) is 6.83. The maximum Gasteiger partial charge on any atom is 0.221 e. The molecule has 0 radical (unpaired) electrons. The van der Waals surface area contributed by atoms with E-state index in [0.717, 1.165) is 17.0 Å². The first-order valence-electron chi connectivity index (χ1n) is 7.94. The molecule has 2 N–H and O–H groups in total. The summed E-state index contributed by atoms with van der Waals surface area (Å²) in [6.45, 7) is 2.46. The van der Waals surface area contributed by atoms with Gasteiger partial charge in [0.2, 0.25) is 11.8 Å². The molecule has 0 saturated carbocycles. The van der Waals surface area contributed by atoms with E-state index in [1.54, 1.807) is 0 Å². The van der Waals surface area contributed by atoms with Crippen LogP contribution >= 0.6 is 0 Å². The van der Waals surface area contributed by atoms with Gasteiger partial charge in [-0.2, -0.15) is 0 Å². The van der Waals surface area contributed by atoms with Crippen LogP contribution in [0.1, 0.15) is 25.3 Å². The average Bonchev–Trinajstić information content (AvgIpc) is 2.58. The molecule has 0 aliphatic carbocycles. The van der Waals surface area contributed by atoms with Gasteiger partial charge in [0.15, 0.2) is 0 Å². The zero-order chi connectivity index (χ0) is 17.2. The highest BCUT2D eigenvalue weighted by Gasteiger charge is 2.02. The van der Waals surface area contributed by atoms with Gasteiger partial charge >= 0.3 is 0 Å². The molecule has 0 atom stereocenters. The number of rotatable bonds is 8. The van der Waals surface area contributed by atoms with Crippen LogP contribution in [-0.2, 0) is 16.1 Å². The number of nitrogens with one attached hydrogen (secondary N) is 2. The number of amides is 2. The molecule has 0 spiro atoms. The van der Waals surface area contributed by atoms with Crippen molar-refractivity contribution < 1.29 is 14.3 Å². The Balaban J connectivity index is 1.63. The molecule has 5 nitrogen and oxygen atoms in total. The van der Waals surface area contributed by atoms with Crippen LogP contribution in [0.25, 0.3) is 0 Å². The Hall–Kier alpha value is -2.82. The van der Waals surface area contributed by atoms with Crippen LogP contribution in [0.15, 0.2) is 54.6 Å². The normalized spacial score (nSPS) is 10.0. The molecule has 5 heteroatoms. The van der Waals surface area contributed by atoms with Gasteiger partial charge in [-0.1, -0.05) is 30.3 Å². The number of hydrogen-bond donors (Lipinski definition) is 2. The Morgan fingerprint density at radius 3 is 2.38 bits per heavy atom. The predicted octanol–water partition coefficient (Wildman–Crippen LogP) is 3.12. The first-order chi connectivity index (χ1) is 11.6. The summed E-state index contributed by atoms with van der Waals surface area (Å²) in [5, 5.41) is 5.58. The van der Waals surface area contributed by atoms with Gasteiger partial charge in [-0.25, -0.2) is 0 Å². The molecule has 0 saturated heterocycles. The van der Waals surface area contributed by atoms with E-state index in [4.69, 9.17) is 4.74 Å². The van der Waals surface area contributed by atoms with E-state index in [-0.39, 0.29) is 11.8 Å². The number of hydrogen-bond acceptors (Lipinski definition) is 3. The fraction of sp³-hybridized carbons (Fsp3) is 0.263. The fourth-order valence-electron chi connectivity index (χ4n) is 2.14. The number of anilines is 1. The van der Waals surface area contributed by atoms with Crippen molar-refractivity contribution in [3.63, 3.8) is 0 Å². The zero-order valence-electron chi connectivity index (χ0n) is 13.7. The van der Waals surface area contributed by atoms with Crippen LogP contribution < -0.4 is 15.4 Å². The number of benzene rings is 2.